The molecule has 0 radical (unpaired) electrons. The number of hydrogen-bond acceptors (Lipinski definition) is 3. The largest absolute Gasteiger partial charge is 0.392 e. The highest BCUT2D eigenvalue weighted by atomic mass is 32.2. The van der Waals surface area contributed by atoms with E-state index in [9.17, 15) is 9.32 Å². The second kappa shape index (κ2) is 8.90. The summed E-state index contributed by atoms with van der Waals surface area (Å²) >= 11 is 0. The second-order valence-electron chi connectivity index (χ2n) is 6.16. The Morgan fingerprint density at radius 3 is 2.04 bits per heavy atom. The molecule has 0 aliphatic rings. The zero-order valence-corrected chi connectivity index (χ0v) is 15.6. The predicted octanol–water partition coefficient (Wildman–Crippen LogP) is 4.20. The first kappa shape index (κ1) is 18.5. The van der Waals surface area contributed by atoms with Crippen molar-refractivity contribution in [3.63, 3.8) is 0 Å². The molecule has 1 unspecified atom stereocenters. The number of nitrogens with one attached hydrogen (secondary N) is 1. The fraction of sp³-hybridized carbons (Fsp3) is 0.182. The number of rotatable bonds is 7. The smallest absolute Gasteiger partial charge is 0.0856 e. The van der Waals surface area contributed by atoms with Crippen molar-refractivity contribution in [2.75, 3.05) is 0 Å². The monoisotopic (exact) mass is 365 g/mol. The summed E-state index contributed by atoms with van der Waals surface area (Å²) in [5, 5.41) is 13.0. The van der Waals surface area contributed by atoms with Crippen LogP contribution in [-0.4, -0.2) is 9.32 Å². The van der Waals surface area contributed by atoms with E-state index < -0.39 is 10.8 Å². The number of hydrogen-bond donors (Lipinski definition) is 2. The Morgan fingerprint density at radius 1 is 0.846 bits per heavy atom. The number of benzene rings is 3. The quantitative estimate of drug-likeness (QED) is 0.660. The van der Waals surface area contributed by atoms with Crippen LogP contribution in [0.1, 0.15) is 29.7 Å². The molecule has 26 heavy (non-hydrogen) atoms. The van der Waals surface area contributed by atoms with Crippen molar-refractivity contribution in [2.24, 2.45) is 0 Å². The molecule has 3 aromatic rings. The number of aliphatic hydroxyl groups excluding tert-OH is 1. The molecule has 4 heteroatoms. The van der Waals surface area contributed by atoms with Gasteiger partial charge in [0.15, 0.2) is 0 Å². The Morgan fingerprint density at radius 2 is 1.38 bits per heavy atom. The van der Waals surface area contributed by atoms with Crippen molar-refractivity contribution in [3.8, 4) is 0 Å². The maximum absolute atomic E-state index is 13.1. The lowest BCUT2D eigenvalue weighted by Crippen LogP contribution is -2.19. The van der Waals surface area contributed by atoms with E-state index in [1.54, 1.807) is 0 Å². The summed E-state index contributed by atoms with van der Waals surface area (Å²) in [4.78, 5) is 1.44. The topological polar surface area (TPSA) is 49.3 Å². The fourth-order valence-corrected chi connectivity index (χ4v) is 4.28. The number of aliphatic hydroxyl groups is 1. The van der Waals surface area contributed by atoms with Crippen molar-refractivity contribution in [1.29, 1.82) is 0 Å². The predicted molar refractivity (Wildman–Crippen MR) is 105 cm³/mol. The Balaban J connectivity index is 1.81. The molecule has 0 bridgehead atoms. The van der Waals surface area contributed by atoms with Gasteiger partial charge in [0, 0.05) is 22.4 Å². The first-order valence-corrected chi connectivity index (χ1v) is 9.82. The standard InChI is InChI=1S/C22H23NO2S/c1-17(18-9-3-2-4-10-18)23-15-19-11-5-7-13-21(19)26(25)22-14-8-6-12-20(22)16-24/h2-14,17,23-24H,15-16H2,1H3/t17-,26?/m0/s1. The summed E-state index contributed by atoms with van der Waals surface area (Å²) in [7, 11) is -1.33. The van der Waals surface area contributed by atoms with Gasteiger partial charge in [-0.15, -0.1) is 0 Å². The third kappa shape index (κ3) is 4.28. The summed E-state index contributed by atoms with van der Waals surface area (Å²) < 4.78 is 13.1. The van der Waals surface area contributed by atoms with Gasteiger partial charge in [0.05, 0.1) is 17.4 Å². The minimum atomic E-state index is -1.33. The van der Waals surface area contributed by atoms with Gasteiger partial charge < -0.3 is 10.4 Å². The van der Waals surface area contributed by atoms with Crippen molar-refractivity contribution in [1.82, 2.24) is 5.32 Å². The van der Waals surface area contributed by atoms with E-state index >= 15 is 0 Å². The average molecular weight is 365 g/mol. The Bertz CT molecular complexity index is 880. The molecule has 0 saturated carbocycles. The SMILES string of the molecule is C[C@H](NCc1ccccc1S(=O)c1ccccc1CO)c1ccccc1. The van der Waals surface area contributed by atoms with Crippen LogP contribution in [0.5, 0.6) is 0 Å². The van der Waals surface area contributed by atoms with Crippen LogP contribution in [0.2, 0.25) is 0 Å². The molecule has 134 valence electrons. The molecule has 0 saturated heterocycles. The van der Waals surface area contributed by atoms with Crippen molar-refractivity contribution in [3.05, 3.63) is 95.6 Å². The summed E-state index contributed by atoms with van der Waals surface area (Å²) in [6, 6.07) is 25.5. The van der Waals surface area contributed by atoms with E-state index in [-0.39, 0.29) is 12.6 Å². The highest BCUT2D eigenvalue weighted by Crippen LogP contribution is 2.24. The molecule has 3 nitrogen and oxygen atoms in total. The van der Waals surface area contributed by atoms with E-state index in [0.717, 1.165) is 10.5 Å². The van der Waals surface area contributed by atoms with Gasteiger partial charge in [-0.05, 0) is 35.7 Å². The maximum atomic E-state index is 13.1. The van der Waals surface area contributed by atoms with Crippen molar-refractivity contribution >= 4 is 10.8 Å². The van der Waals surface area contributed by atoms with Crippen LogP contribution >= 0.6 is 0 Å². The van der Waals surface area contributed by atoms with Crippen LogP contribution in [0.25, 0.3) is 0 Å². The summed E-state index contributed by atoms with van der Waals surface area (Å²) in [6.07, 6.45) is 0. The van der Waals surface area contributed by atoms with Gasteiger partial charge in [-0.1, -0.05) is 66.7 Å². The first-order chi connectivity index (χ1) is 12.7. The molecule has 0 aliphatic heterocycles. The van der Waals surface area contributed by atoms with Gasteiger partial charge in [-0.2, -0.15) is 0 Å². The minimum Gasteiger partial charge on any atom is -0.392 e. The van der Waals surface area contributed by atoms with Crippen LogP contribution < -0.4 is 5.32 Å². The van der Waals surface area contributed by atoms with Gasteiger partial charge in [0.25, 0.3) is 0 Å². The molecule has 3 aromatic carbocycles. The lowest BCUT2D eigenvalue weighted by Gasteiger charge is -2.16. The van der Waals surface area contributed by atoms with Crippen LogP contribution in [0, 0.1) is 0 Å². The van der Waals surface area contributed by atoms with E-state index in [0.29, 0.717) is 17.0 Å². The highest BCUT2D eigenvalue weighted by Gasteiger charge is 2.15. The third-order valence-corrected chi connectivity index (χ3v) is 6.01. The molecule has 3 rings (SSSR count). The molecule has 0 aliphatic carbocycles. The maximum Gasteiger partial charge on any atom is 0.0856 e. The van der Waals surface area contributed by atoms with Gasteiger partial charge in [-0.25, -0.2) is 4.21 Å². The van der Waals surface area contributed by atoms with Crippen LogP contribution in [0.4, 0.5) is 0 Å². The molecule has 2 atom stereocenters. The van der Waals surface area contributed by atoms with Crippen LogP contribution in [-0.2, 0) is 24.0 Å². The van der Waals surface area contributed by atoms with Crippen molar-refractivity contribution < 1.29 is 9.32 Å². The molecule has 0 heterocycles. The highest BCUT2D eigenvalue weighted by molar-refractivity contribution is 7.85. The fourth-order valence-electron chi connectivity index (χ4n) is 2.89. The Labute approximate surface area is 157 Å². The molecule has 0 amide bonds. The van der Waals surface area contributed by atoms with Gasteiger partial charge >= 0.3 is 0 Å². The Kier molecular flexibility index (Phi) is 6.34. The molecular formula is C22H23NO2S. The molecule has 0 aromatic heterocycles. The van der Waals surface area contributed by atoms with E-state index in [2.05, 4.69) is 24.4 Å². The second-order valence-corrected chi connectivity index (χ2v) is 7.57. The zero-order chi connectivity index (χ0) is 18.4. The van der Waals surface area contributed by atoms with E-state index in [4.69, 9.17) is 0 Å². The lowest BCUT2D eigenvalue weighted by molar-refractivity contribution is 0.278. The molecule has 0 fully saturated rings. The summed E-state index contributed by atoms with van der Waals surface area (Å²) in [6.45, 7) is 2.63. The minimum absolute atomic E-state index is 0.118. The summed E-state index contributed by atoms with van der Waals surface area (Å²) in [5.74, 6) is 0. The molecule has 2 N–H and O–H groups in total. The molecule has 0 spiro atoms. The first-order valence-electron chi connectivity index (χ1n) is 8.67. The van der Waals surface area contributed by atoms with Crippen LogP contribution in [0.3, 0.4) is 0 Å². The zero-order valence-electron chi connectivity index (χ0n) is 14.8. The van der Waals surface area contributed by atoms with Crippen molar-refractivity contribution in [2.45, 2.75) is 35.9 Å². The third-order valence-electron chi connectivity index (χ3n) is 4.41. The average Bonchev–Trinajstić information content (AvgIpc) is 2.72. The lowest BCUT2D eigenvalue weighted by atomic mass is 10.1. The normalized spacial score (nSPS) is 13.3. The van der Waals surface area contributed by atoms with Crippen LogP contribution in [0.15, 0.2) is 88.7 Å². The molecular weight excluding hydrogens is 342 g/mol. The van der Waals surface area contributed by atoms with E-state index in [1.165, 1.54) is 5.56 Å². The Hall–Kier alpha value is -2.27. The summed E-state index contributed by atoms with van der Waals surface area (Å²) in [5.41, 5.74) is 2.92. The van der Waals surface area contributed by atoms with Gasteiger partial charge in [-0.3, -0.25) is 0 Å². The van der Waals surface area contributed by atoms with E-state index in [1.807, 2.05) is 66.7 Å². The van der Waals surface area contributed by atoms with Gasteiger partial charge in [0.2, 0.25) is 0 Å². The van der Waals surface area contributed by atoms with Gasteiger partial charge in [0.1, 0.15) is 0 Å².